The number of benzene rings is 2. The number of nitrogens with zero attached hydrogens (tertiary/aromatic N) is 2. The van der Waals surface area contributed by atoms with Gasteiger partial charge in [-0.2, -0.15) is 0 Å². The number of allylic oxidation sites excluding steroid dienone is 3. The van der Waals surface area contributed by atoms with E-state index in [1.807, 2.05) is 26.8 Å². The number of hydrogen-bond acceptors (Lipinski definition) is 17. The monoisotopic (exact) mass is 1220 g/mol. The Hall–Kier alpha value is -7.97. The molecule has 4 aliphatic rings. The van der Waals surface area contributed by atoms with E-state index in [4.69, 9.17) is 45.9 Å². The zero-order valence-corrected chi connectivity index (χ0v) is 50.7. The molecule has 0 radical (unpaired) electrons. The molecule has 2 saturated heterocycles. The molecule has 0 unspecified atom stereocenters. The van der Waals surface area contributed by atoms with Gasteiger partial charge >= 0.3 is 24.2 Å². The van der Waals surface area contributed by atoms with Crippen molar-refractivity contribution in [1.29, 1.82) is 0 Å². The molecule has 6 rings (SSSR count). The summed E-state index contributed by atoms with van der Waals surface area (Å²) in [5.41, 5.74) is 4.76. The smallest absolute Gasteiger partial charge is 0.412 e. The summed E-state index contributed by atoms with van der Waals surface area (Å²) in [7, 11) is 5.79. The van der Waals surface area contributed by atoms with Crippen molar-refractivity contribution in [2.75, 3.05) is 50.5 Å². The Kier molecular flexibility index (Phi) is 23.4. The van der Waals surface area contributed by atoms with Crippen LogP contribution in [0, 0.1) is 23.2 Å². The molecule has 0 aromatic heterocycles. The quantitative estimate of drug-likeness (QED) is 0.0539. The first-order valence-electron chi connectivity index (χ1n) is 28.6. The Morgan fingerprint density at radius 2 is 1.62 bits per heavy atom. The zero-order valence-electron chi connectivity index (χ0n) is 50.0. The highest BCUT2D eigenvalue weighted by molar-refractivity contribution is 6.35. The van der Waals surface area contributed by atoms with Gasteiger partial charge in [-0.25, -0.2) is 19.2 Å². The van der Waals surface area contributed by atoms with Gasteiger partial charge in [-0.1, -0.05) is 63.1 Å². The van der Waals surface area contributed by atoms with Crippen LogP contribution in [0.1, 0.15) is 117 Å². The van der Waals surface area contributed by atoms with Crippen LogP contribution in [0.3, 0.4) is 0 Å². The lowest BCUT2D eigenvalue weighted by molar-refractivity contribution is -0.197. The number of rotatable bonds is 21. The molecule has 470 valence electrons. The van der Waals surface area contributed by atoms with E-state index in [-0.39, 0.29) is 98.8 Å². The molecule has 26 nitrogen and oxygen atoms in total. The minimum absolute atomic E-state index is 0.00395. The van der Waals surface area contributed by atoms with Gasteiger partial charge in [0.05, 0.1) is 32.0 Å². The normalized spacial score (nSPS) is 24.9. The van der Waals surface area contributed by atoms with E-state index in [9.17, 15) is 53.1 Å². The van der Waals surface area contributed by atoms with Crippen molar-refractivity contribution < 1.29 is 81.6 Å². The van der Waals surface area contributed by atoms with Crippen molar-refractivity contribution in [1.82, 2.24) is 26.3 Å². The van der Waals surface area contributed by atoms with Crippen LogP contribution in [-0.4, -0.2) is 141 Å². The predicted molar refractivity (Wildman–Crippen MR) is 313 cm³/mol. The third-order valence-electron chi connectivity index (χ3n) is 16.2. The molecule has 9 atom stereocenters. The van der Waals surface area contributed by atoms with E-state index in [0.29, 0.717) is 35.8 Å². The summed E-state index contributed by atoms with van der Waals surface area (Å²) in [6, 6.07) is 4.74. The molecular formula is C59H80ClN9O17. The lowest BCUT2D eigenvalue weighted by Gasteiger charge is -2.55. The average molecular weight is 1220 g/mol. The summed E-state index contributed by atoms with van der Waals surface area (Å²) >= 11 is 6.89. The van der Waals surface area contributed by atoms with E-state index in [1.54, 1.807) is 45.2 Å². The maximum absolute atomic E-state index is 14.6. The second-order valence-corrected chi connectivity index (χ2v) is 23.1. The number of nitrogens with two attached hydrogens (primary N) is 1. The third-order valence-corrected chi connectivity index (χ3v) is 16.6. The summed E-state index contributed by atoms with van der Waals surface area (Å²) < 4.78 is 29.2. The third kappa shape index (κ3) is 17.1. The number of fused-ring (bicyclic) bond motifs is 5. The maximum atomic E-state index is 14.6. The van der Waals surface area contributed by atoms with E-state index in [2.05, 4.69) is 31.9 Å². The zero-order chi connectivity index (χ0) is 63.2. The Morgan fingerprint density at radius 3 is 2.26 bits per heavy atom. The minimum atomic E-state index is -1.87. The molecule has 3 fully saturated rings. The summed E-state index contributed by atoms with van der Waals surface area (Å²) in [5.74, 6) is -5.20. The van der Waals surface area contributed by atoms with Gasteiger partial charge in [0.25, 0.3) is 11.8 Å². The molecule has 2 aromatic rings. The number of nitrogens with one attached hydrogen (secondary N) is 6. The van der Waals surface area contributed by atoms with Gasteiger partial charge in [0.15, 0.2) is 5.72 Å². The van der Waals surface area contributed by atoms with Crippen LogP contribution in [0.2, 0.25) is 5.02 Å². The summed E-state index contributed by atoms with van der Waals surface area (Å²) in [6.45, 7) is 9.13. The lowest BCUT2D eigenvalue weighted by atomic mass is 9.53. The van der Waals surface area contributed by atoms with E-state index >= 15 is 0 Å². The number of unbranched alkanes of at least 4 members (excludes halogenated alkanes) is 1. The Bertz CT molecular complexity index is 2940. The van der Waals surface area contributed by atoms with Crippen LogP contribution in [0.25, 0.3) is 0 Å². The second kappa shape index (κ2) is 29.9. The molecule has 1 aliphatic carbocycles. The minimum Gasteiger partial charge on any atom is -0.495 e. The number of aliphatic hydroxyl groups is 1. The number of carbonyl (C=O) groups is 10. The van der Waals surface area contributed by atoms with E-state index in [1.165, 1.54) is 44.4 Å². The first kappa shape index (κ1) is 67.2. The number of urea groups is 1. The molecule has 2 aromatic carbocycles. The van der Waals surface area contributed by atoms with Crippen LogP contribution in [0.15, 0.2) is 54.1 Å². The largest absolute Gasteiger partial charge is 0.495 e. The molecule has 86 heavy (non-hydrogen) atoms. The number of hydroxylamine groups is 2. The number of amides is 10. The number of ether oxygens (including phenoxy) is 5. The predicted octanol–water partition coefficient (Wildman–Crippen LogP) is 5.82. The number of imide groups is 1. The average Bonchev–Trinajstić information content (AvgIpc) is 0.947. The number of primary amides is 1. The molecule has 0 spiro atoms. The first-order valence-corrected chi connectivity index (χ1v) is 28.9. The van der Waals surface area contributed by atoms with Gasteiger partial charge in [-0.05, 0) is 99.5 Å². The standard InChI is InChI=1S/C59H80ClN9O17/c1-32(2)52(66-46(70)17-10-11-18-50(74)86-69-47(71)21-22-48(69)72)54(76)64-39(15-13-25-62-55(61)77)53(75)63-36-19-20-38(41(29-36)81-7)65-56(78)85-45-30-49(73)68(6)40-27-35(28-42(82-8)51(40)60)26-33(3)14-12-16-44(83-9)59(80)31-43(84-57(79)67-59)34(4)37-23-24-58(37,45)5/h12,14,16,19-20,27-29,32,34,37,39,43-45,52,80H,10-11,13,15,17-18,21-26,30-31H2,1-9H3,(H,63,75)(H,64,76)(H,65,78)(H,66,70)(H,67,79)(H3,61,62,77)/b16-12+,33-14+/t34-,37-,39-,43-,44+,45-,52-,58+,59-/m0/s1. The fourth-order valence-electron chi connectivity index (χ4n) is 11.2. The number of halogens is 1. The fourth-order valence-corrected chi connectivity index (χ4v) is 11.5. The van der Waals surface area contributed by atoms with Gasteiger partial charge in [0.2, 0.25) is 23.6 Å². The van der Waals surface area contributed by atoms with Gasteiger partial charge < -0.3 is 65.5 Å². The molecule has 9 N–H and O–H groups in total. The summed E-state index contributed by atoms with van der Waals surface area (Å²) in [4.78, 5) is 137. The van der Waals surface area contributed by atoms with Crippen LogP contribution in [-0.2, 0) is 59.0 Å². The van der Waals surface area contributed by atoms with Gasteiger partial charge in [0.1, 0.15) is 46.9 Å². The molecule has 3 aliphatic heterocycles. The number of carbonyl (C=O) groups excluding carboxylic acids is 10. The molecule has 3 heterocycles. The summed E-state index contributed by atoms with van der Waals surface area (Å²) in [5, 5.41) is 28.5. The maximum Gasteiger partial charge on any atom is 0.412 e. The van der Waals surface area contributed by atoms with Crippen molar-refractivity contribution in [3.8, 4) is 11.5 Å². The Labute approximate surface area is 504 Å². The highest BCUT2D eigenvalue weighted by atomic mass is 35.5. The van der Waals surface area contributed by atoms with Crippen LogP contribution in [0.4, 0.5) is 31.4 Å². The molecule has 10 amide bonds. The van der Waals surface area contributed by atoms with Crippen molar-refractivity contribution >= 4 is 88.3 Å². The molecular weight excluding hydrogens is 1140 g/mol. The number of methoxy groups -OCH3 is 3. The van der Waals surface area contributed by atoms with E-state index < -0.39 is 113 Å². The second-order valence-electron chi connectivity index (χ2n) is 22.7. The van der Waals surface area contributed by atoms with Crippen LogP contribution < -0.4 is 52.0 Å². The molecule has 1 saturated carbocycles. The van der Waals surface area contributed by atoms with Crippen LogP contribution >= 0.6 is 11.6 Å². The SMILES string of the molecule is COc1cc(NC(=O)[C@H](CCCNC(N)=O)NC(=O)[C@@H](NC(=O)CCCCC(=O)ON2C(=O)CCC2=O)C(C)C)ccc1NC(=O)O[C@H]1CC(=O)N(C)c2cc(cc(OC)c2Cl)C/C(C)=C/C=C/[C@@H](OC)[C@@]2(O)C[C@H](OC(=O)N2)[C@@H](C)[C@@H]2CC[C@@]12C. The first-order chi connectivity index (χ1) is 40.7. The Morgan fingerprint density at radius 1 is 0.919 bits per heavy atom. The van der Waals surface area contributed by atoms with Crippen molar-refractivity contribution in [3.05, 3.63) is 64.7 Å². The van der Waals surface area contributed by atoms with E-state index in [0.717, 1.165) is 11.1 Å². The number of anilines is 3. The highest BCUT2D eigenvalue weighted by Crippen LogP contribution is 2.56. The van der Waals surface area contributed by atoms with Gasteiger partial charge in [-0.3, -0.25) is 39.4 Å². The molecule has 4 bridgehead atoms. The highest BCUT2D eigenvalue weighted by Gasteiger charge is 2.57. The van der Waals surface area contributed by atoms with Crippen molar-refractivity contribution in [2.45, 2.75) is 154 Å². The number of hydrogen-bond donors (Lipinski definition) is 8. The summed E-state index contributed by atoms with van der Waals surface area (Å²) in [6.07, 6.45) is 1.82. The fraction of sp³-hybridized carbons (Fsp3) is 0.559. The topological polar surface area (TPSA) is 351 Å². The van der Waals surface area contributed by atoms with Gasteiger partial charge in [-0.15, -0.1) is 5.06 Å². The number of alkyl carbamates (subject to hydrolysis) is 1. The van der Waals surface area contributed by atoms with Gasteiger partial charge in [0, 0.05) is 70.0 Å². The van der Waals surface area contributed by atoms with Crippen molar-refractivity contribution in [2.24, 2.45) is 28.9 Å². The van der Waals surface area contributed by atoms with Crippen LogP contribution in [0.5, 0.6) is 11.5 Å². The molecule has 27 heteroatoms. The lowest BCUT2D eigenvalue weighted by Crippen LogP contribution is -2.64. The van der Waals surface area contributed by atoms with Crippen molar-refractivity contribution in [3.63, 3.8) is 0 Å². The Balaban J connectivity index is 1.18.